The Morgan fingerprint density at radius 3 is 2.57 bits per heavy atom. The molecule has 1 N–H and O–H groups in total. The maximum Gasteiger partial charge on any atom is 0.287 e. The number of pyridine rings is 1. The molecule has 3 aromatic rings. The molecular formula is C22H25N3O3. The molecule has 1 aromatic carbocycles. The number of aryl methyl sites for hydroxylation is 2. The summed E-state index contributed by atoms with van der Waals surface area (Å²) in [5.41, 5.74) is 2.85. The van der Waals surface area contributed by atoms with E-state index in [-0.39, 0.29) is 18.2 Å². The highest BCUT2D eigenvalue weighted by atomic mass is 16.5. The van der Waals surface area contributed by atoms with Crippen molar-refractivity contribution >= 4 is 5.91 Å². The molecule has 6 heteroatoms. The van der Waals surface area contributed by atoms with E-state index < -0.39 is 0 Å². The zero-order valence-corrected chi connectivity index (χ0v) is 16.7. The first-order valence-electron chi connectivity index (χ1n) is 9.13. The molecule has 3 rings (SSSR count). The standard InChI is InChI=1S/C22H25N3O3/c1-15-7-5-8-16(2)20(15)28-22-17(9-6-12-23-22)13-24-21(26)19-11-10-18(27-19)14-25(3)4/h5-12H,13-14H2,1-4H3,(H,24,26). The van der Waals surface area contributed by atoms with Gasteiger partial charge in [0.2, 0.25) is 5.88 Å². The summed E-state index contributed by atoms with van der Waals surface area (Å²) in [6.45, 7) is 4.92. The van der Waals surface area contributed by atoms with Crippen molar-refractivity contribution in [1.82, 2.24) is 15.2 Å². The second kappa shape index (κ2) is 8.71. The first-order valence-corrected chi connectivity index (χ1v) is 9.13. The van der Waals surface area contributed by atoms with E-state index in [1.807, 2.05) is 69.2 Å². The molecule has 0 aliphatic carbocycles. The average Bonchev–Trinajstić information content (AvgIpc) is 3.11. The highest BCUT2D eigenvalue weighted by molar-refractivity contribution is 5.91. The minimum Gasteiger partial charge on any atom is -0.455 e. The van der Waals surface area contributed by atoms with Gasteiger partial charge < -0.3 is 19.4 Å². The molecule has 0 saturated carbocycles. The van der Waals surface area contributed by atoms with Crippen LogP contribution in [0.4, 0.5) is 0 Å². The van der Waals surface area contributed by atoms with Gasteiger partial charge in [-0.2, -0.15) is 0 Å². The molecule has 1 amide bonds. The number of nitrogens with zero attached hydrogens (tertiary/aromatic N) is 2. The fraction of sp³-hybridized carbons (Fsp3) is 0.273. The number of amides is 1. The van der Waals surface area contributed by atoms with E-state index in [2.05, 4.69) is 10.3 Å². The molecule has 0 unspecified atom stereocenters. The summed E-state index contributed by atoms with van der Waals surface area (Å²) in [5, 5.41) is 2.87. The summed E-state index contributed by atoms with van der Waals surface area (Å²) >= 11 is 0. The summed E-state index contributed by atoms with van der Waals surface area (Å²) in [6.07, 6.45) is 1.67. The monoisotopic (exact) mass is 379 g/mol. The lowest BCUT2D eigenvalue weighted by Gasteiger charge is -2.14. The van der Waals surface area contributed by atoms with E-state index in [1.54, 1.807) is 12.3 Å². The van der Waals surface area contributed by atoms with E-state index in [9.17, 15) is 4.79 Å². The Morgan fingerprint density at radius 1 is 1.11 bits per heavy atom. The van der Waals surface area contributed by atoms with Crippen molar-refractivity contribution in [2.45, 2.75) is 26.9 Å². The Balaban J connectivity index is 1.70. The molecule has 0 spiro atoms. The van der Waals surface area contributed by atoms with Crippen LogP contribution in [0.15, 0.2) is 53.1 Å². The third-order valence-electron chi connectivity index (χ3n) is 4.25. The number of benzene rings is 1. The van der Waals surface area contributed by atoms with Gasteiger partial charge in [-0.15, -0.1) is 0 Å². The van der Waals surface area contributed by atoms with E-state index >= 15 is 0 Å². The van der Waals surface area contributed by atoms with Crippen LogP contribution in [0, 0.1) is 13.8 Å². The predicted octanol–water partition coefficient (Wildman–Crippen LogP) is 4.08. The van der Waals surface area contributed by atoms with Gasteiger partial charge >= 0.3 is 0 Å². The number of rotatable bonds is 7. The quantitative estimate of drug-likeness (QED) is 0.670. The van der Waals surface area contributed by atoms with Gasteiger partial charge in [0.05, 0.1) is 6.54 Å². The zero-order chi connectivity index (χ0) is 20.1. The maximum atomic E-state index is 12.4. The Morgan fingerprint density at radius 2 is 1.86 bits per heavy atom. The number of hydrogen-bond acceptors (Lipinski definition) is 5. The first-order chi connectivity index (χ1) is 13.4. The molecule has 0 bridgehead atoms. The second-order valence-electron chi connectivity index (χ2n) is 6.98. The molecule has 6 nitrogen and oxygen atoms in total. The number of para-hydroxylation sites is 1. The Hall–Kier alpha value is -3.12. The minimum absolute atomic E-state index is 0.271. The third-order valence-corrected chi connectivity index (χ3v) is 4.25. The number of ether oxygens (including phenoxy) is 1. The van der Waals surface area contributed by atoms with Crippen molar-refractivity contribution in [2.24, 2.45) is 0 Å². The van der Waals surface area contributed by atoms with E-state index in [1.165, 1.54) is 0 Å². The highest BCUT2D eigenvalue weighted by Gasteiger charge is 2.14. The smallest absolute Gasteiger partial charge is 0.287 e. The molecule has 0 aliphatic rings. The molecule has 0 atom stereocenters. The largest absolute Gasteiger partial charge is 0.455 e. The Labute approximate surface area is 165 Å². The van der Waals surface area contributed by atoms with Crippen molar-refractivity contribution in [3.63, 3.8) is 0 Å². The highest BCUT2D eigenvalue weighted by Crippen LogP contribution is 2.29. The van der Waals surface area contributed by atoms with Crippen LogP contribution in [0.25, 0.3) is 0 Å². The van der Waals surface area contributed by atoms with Crippen molar-refractivity contribution < 1.29 is 13.9 Å². The summed E-state index contributed by atoms with van der Waals surface area (Å²) < 4.78 is 11.7. The van der Waals surface area contributed by atoms with Crippen LogP contribution in [-0.4, -0.2) is 29.9 Å². The molecule has 0 aliphatic heterocycles. The Kier molecular flexibility index (Phi) is 6.11. The van der Waals surface area contributed by atoms with Crippen molar-refractivity contribution in [1.29, 1.82) is 0 Å². The zero-order valence-electron chi connectivity index (χ0n) is 16.7. The lowest BCUT2D eigenvalue weighted by atomic mass is 10.1. The van der Waals surface area contributed by atoms with E-state index in [0.717, 1.165) is 28.2 Å². The first kappa shape index (κ1) is 19.6. The molecule has 2 aromatic heterocycles. The van der Waals surface area contributed by atoms with Crippen LogP contribution in [0.1, 0.15) is 33.0 Å². The molecule has 146 valence electrons. The molecule has 2 heterocycles. The number of hydrogen-bond donors (Lipinski definition) is 1. The molecule has 0 fully saturated rings. The Bertz CT molecular complexity index is 943. The van der Waals surface area contributed by atoms with Gasteiger partial charge in [-0.05, 0) is 57.3 Å². The topological polar surface area (TPSA) is 67.6 Å². The van der Waals surface area contributed by atoms with Gasteiger partial charge in [0.25, 0.3) is 5.91 Å². The molecule has 0 radical (unpaired) electrons. The van der Waals surface area contributed by atoms with Crippen LogP contribution in [0.2, 0.25) is 0 Å². The van der Waals surface area contributed by atoms with Crippen LogP contribution < -0.4 is 10.1 Å². The van der Waals surface area contributed by atoms with Crippen LogP contribution in [0.3, 0.4) is 0 Å². The summed E-state index contributed by atoms with van der Waals surface area (Å²) in [5.74, 6) is 2.03. The number of aromatic nitrogens is 1. The van der Waals surface area contributed by atoms with Gasteiger partial charge in [0.1, 0.15) is 11.5 Å². The van der Waals surface area contributed by atoms with Crippen molar-refractivity contribution in [3.05, 3.63) is 76.9 Å². The number of nitrogens with one attached hydrogen (secondary N) is 1. The van der Waals surface area contributed by atoms with Crippen molar-refractivity contribution in [2.75, 3.05) is 14.1 Å². The van der Waals surface area contributed by atoms with Gasteiger partial charge in [-0.1, -0.05) is 24.3 Å². The fourth-order valence-corrected chi connectivity index (χ4v) is 2.87. The summed E-state index contributed by atoms with van der Waals surface area (Å²) in [4.78, 5) is 18.7. The lowest BCUT2D eigenvalue weighted by Crippen LogP contribution is -2.22. The van der Waals surface area contributed by atoms with Gasteiger partial charge in [-0.25, -0.2) is 4.98 Å². The second-order valence-corrected chi connectivity index (χ2v) is 6.98. The lowest BCUT2D eigenvalue weighted by molar-refractivity contribution is 0.0920. The summed E-state index contributed by atoms with van der Waals surface area (Å²) in [7, 11) is 3.89. The van der Waals surface area contributed by atoms with E-state index in [4.69, 9.17) is 9.15 Å². The van der Waals surface area contributed by atoms with Crippen LogP contribution in [-0.2, 0) is 13.1 Å². The summed E-state index contributed by atoms with van der Waals surface area (Å²) in [6, 6.07) is 13.2. The molecule has 28 heavy (non-hydrogen) atoms. The maximum absolute atomic E-state index is 12.4. The normalized spacial score (nSPS) is 10.9. The van der Waals surface area contributed by atoms with E-state index in [0.29, 0.717) is 12.4 Å². The van der Waals surface area contributed by atoms with Gasteiger partial charge in [0, 0.05) is 18.3 Å². The average molecular weight is 379 g/mol. The predicted molar refractivity (Wildman–Crippen MR) is 107 cm³/mol. The molecule has 0 saturated heterocycles. The molecular weight excluding hydrogens is 354 g/mol. The number of carbonyl (C=O) groups excluding carboxylic acids is 1. The van der Waals surface area contributed by atoms with Crippen molar-refractivity contribution in [3.8, 4) is 11.6 Å². The number of carbonyl (C=O) groups is 1. The minimum atomic E-state index is -0.271. The number of furan rings is 1. The SMILES string of the molecule is Cc1cccc(C)c1Oc1ncccc1CNC(=O)c1ccc(CN(C)C)o1. The van der Waals surface area contributed by atoms with Gasteiger partial charge in [0.15, 0.2) is 5.76 Å². The third kappa shape index (κ3) is 4.78. The van der Waals surface area contributed by atoms with Crippen LogP contribution in [0.5, 0.6) is 11.6 Å². The van der Waals surface area contributed by atoms with Gasteiger partial charge in [-0.3, -0.25) is 4.79 Å². The fourth-order valence-electron chi connectivity index (χ4n) is 2.87. The van der Waals surface area contributed by atoms with Crippen LogP contribution >= 0.6 is 0 Å².